The normalized spacial score (nSPS) is 14.1. The fourth-order valence-electron chi connectivity index (χ4n) is 1.52. The van der Waals surface area contributed by atoms with Crippen molar-refractivity contribution in [3.63, 3.8) is 0 Å². The summed E-state index contributed by atoms with van der Waals surface area (Å²) in [6, 6.07) is 3.20. The summed E-state index contributed by atoms with van der Waals surface area (Å²) < 4.78 is 22.2. The molecule has 2 unspecified atom stereocenters. The summed E-state index contributed by atoms with van der Waals surface area (Å²) in [5, 5.41) is 5.47. The van der Waals surface area contributed by atoms with Crippen molar-refractivity contribution < 1.29 is 17.9 Å². The van der Waals surface area contributed by atoms with Gasteiger partial charge in [0.05, 0.1) is 27.7 Å². The van der Waals surface area contributed by atoms with Crippen LogP contribution in [0, 0.1) is 13.8 Å². The Morgan fingerprint density at radius 3 is 2.74 bits per heavy atom. The van der Waals surface area contributed by atoms with Crippen molar-refractivity contribution in [3.05, 3.63) is 29.9 Å². The van der Waals surface area contributed by atoms with Gasteiger partial charge in [-0.3, -0.25) is 14.3 Å². The number of amides is 1. The van der Waals surface area contributed by atoms with Crippen molar-refractivity contribution in [1.29, 1.82) is 0 Å². The van der Waals surface area contributed by atoms with Crippen molar-refractivity contribution in [2.24, 2.45) is 0 Å². The van der Waals surface area contributed by atoms with Crippen LogP contribution in [0.25, 0.3) is 0 Å². The third-order valence-corrected chi connectivity index (χ3v) is 4.31. The Bertz CT molecular complexity index is 617. The molecule has 0 aliphatic rings. The molecule has 0 saturated carbocycles. The van der Waals surface area contributed by atoms with Gasteiger partial charge in [0.1, 0.15) is 11.0 Å². The molecule has 2 rings (SSSR count). The maximum Gasteiger partial charge on any atom is 0.242 e. The van der Waals surface area contributed by atoms with E-state index in [4.69, 9.17) is 8.94 Å². The topological polar surface area (TPSA) is 85.3 Å². The van der Waals surface area contributed by atoms with Crippen LogP contribution in [0.2, 0.25) is 0 Å². The maximum atomic E-state index is 12.2. The number of aryl methyl sites for hydroxylation is 2. The third kappa shape index (κ3) is 2.93. The number of aromatic nitrogens is 1. The molecule has 0 saturated heterocycles. The predicted molar refractivity (Wildman–Crippen MR) is 69.2 cm³/mol. The number of nitrogens with zero attached hydrogens (tertiary/aromatic N) is 1. The van der Waals surface area contributed by atoms with Gasteiger partial charge in [0.15, 0.2) is 0 Å². The zero-order chi connectivity index (χ0) is 14.0. The maximum absolute atomic E-state index is 12.2. The van der Waals surface area contributed by atoms with Crippen molar-refractivity contribution in [2.45, 2.75) is 30.9 Å². The van der Waals surface area contributed by atoms with Gasteiger partial charge < -0.3 is 8.94 Å². The molecule has 1 amide bonds. The van der Waals surface area contributed by atoms with Crippen molar-refractivity contribution in [2.75, 3.05) is 5.32 Å². The number of hydrogen-bond acceptors (Lipinski definition) is 5. The third-order valence-electron chi connectivity index (χ3n) is 2.59. The Balaban J connectivity index is 2.07. The SMILES string of the molecule is Cc1cc(NC(=O)C(C)S(=O)c2ccoc2C)on1. The molecule has 0 spiro atoms. The number of furan rings is 1. The van der Waals surface area contributed by atoms with Gasteiger partial charge in [-0.2, -0.15) is 0 Å². The summed E-state index contributed by atoms with van der Waals surface area (Å²) in [4.78, 5) is 12.5. The standard InChI is InChI=1S/C12H14N2O4S/c1-7-6-11(18-14-7)13-12(15)9(3)19(16)10-4-5-17-8(10)2/h4-6,9H,1-3H3,(H,13,15). The van der Waals surface area contributed by atoms with E-state index in [1.54, 1.807) is 32.9 Å². The monoisotopic (exact) mass is 282 g/mol. The molecule has 0 aliphatic carbocycles. The van der Waals surface area contributed by atoms with E-state index in [0.717, 1.165) is 0 Å². The van der Waals surface area contributed by atoms with E-state index in [-0.39, 0.29) is 5.88 Å². The van der Waals surface area contributed by atoms with Crippen LogP contribution in [0.5, 0.6) is 0 Å². The molecule has 0 bridgehead atoms. The van der Waals surface area contributed by atoms with Gasteiger partial charge in [0.25, 0.3) is 0 Å². The lowest BCUT2D eigenvalue weighted by Crippen LogP contribution is -2.29. The number of carbonyl (C=O) groups excluding carboxylic acids is 1. The lowest BCUT2D eigenvalue weighted by atomic mass is 10.4. The lowest BCUT2D eigenvalue weighted by Gasteiger charge is -2.09. The highest BCUT2D eigenvalue weighted by Crippen LogP contribution is 2.18. The van der Waals surface area contributed by atoms with Gasteiger partial charge in [-0.25, -0.2) is 0 Å². The van der Waals surface area contributed by atoms with Crippen LogP contribution in [-0.4, -0.2) is 20.5 Å². The second-order valence-electron chi connectivity index (χ2n) is 4.10. The fraction of sp³-hybridized carbons (Fsp3) is 0.333. The quantitative estimate of drug-likeness (QED) is 0.927. The van der Waals surface area contributed by atoms with Gasteiger partial charge in [0.2, 0.25) is 11.8 Å². The Morgan fingerprint density at radius 2 is 2.21 bits per heavy atom. The molecule has 0 aliphatic heterocycles. The molecule has 0 fully saturated rings. The van der Waals surface area contributed by atoms with Crippen molar-refractivity contribution >= 4 is 22.6 Å². The molecule has 2 aromatic heterocycles. The summed E-state index contributed by atoms with van der Waals surface area (Å²) in [6.07, 6.45) is 1.45. The van der Waals surface area contributed by atoms with E-state index in [9.17, 15) is 9.00 Å². The molecule has 19 heavy (non-hydrogen) atoms. The first-order chi connectivity index (χ1) is 8.99. The minimum atomic E-state index is -1.47. The van der Waals surface area contributed by atoms with Crippen LogP contribution in [0.1, 0.15) is 18.4 Å². The summed E-state index contributed by atoms with van der Waals surface area (Å²) in [7, 11) is -1.47. The van der Waals surface area contributed by atoms with Gasteiger partial charge in [-0.1, -0.05) is 5.16 Å². The van der Waals surface area contributed by atoms with Gasteiger partial charge >= 0.3 is 0 Å². The van der Waals surface area contributed by atoms with Crippen molar-refractivity contribution in [3.8, 4) is 0 Å². The first-order valence-corrected chi connectivity index (χ1v) is 6.89. The van der Waals surface area contributed by atoms with Crippen LogP contribution in [-0.2, 0) is 15.6 Å². The van der Waals surface area contributed by atoms with E-state index in [1.165, 1.54) is 6.26 Å². The highest BCUT2D eigenvalue weighted by atomic mass is 32.2. The zero-order valence-corrected chi connectivity index (χ0v) is 11.6. The molecule has 1 N–H and O–H groups in total. The first kappa shape index (κ1) is 13.5. The number of anilines is 1. The van der Waals surface area contributed by atoms with E-state index < -0.39 is 22.0 Å². The average molecular weight is 282 g/mol. The van der Waals surface area contributed by atoms with Crippen LogP contribution >= 0.6 is 0 Å². The molecular weight excluding hydrogens is 268 g/mol. The highest BCUT2D eigenvalue weighted by Gasteiger charge is 2.24. The Labute approximate surface area is 112 Å². The molecule has 2 heterocycles. The van der Waals surface area contributed by atoms with Gasteiger partial charge in [-0.05, 0) is 26.8 Å². The van der Waals surface area contributed by atoms with Crippen LogP contribution in [0.4, 0.5) is 5.88 Å². The summed E-state index contributed by atoms with van der Waals surface area (Å²) in [6.45, 7) is 5.04. The summed E-state index contributed by atoms with van der Waals surface area (Å²) in [5.74, 6) is 0.402. The van der Waals surface area contributed by atoms with E-state index >= 15 is 0 Å². The summed E-state index contributed by atoms with van der Waals surface area (Å²) in [5.41, 5.74) is 0.662. The summed E-state index contributed by atoms with van der Waals surface area (Å²) >= 11 is 0. The van der Waals surface area contributed by atoms with Gasteiger partial charge in [0, 0.05) is 6.07 Å². The van der Waals surface area contributed by atoms with Crippen molar-refractivity contribution in [1.82, 2.24) is 5.16 Å². The second kappa shape index (κ2) is 5.40. The Morgan fingerprint density at radius 1 is 1.47 bits per heavy atom. The molecule has 2 aromatic rings. The smallest absolute Gasteiger partial charge is 0.242 e. The minimum Gasteiger partial charge on any atom is -0.468 e. The number of carbonyl (C=O) groups is 1. The predicted octanol–water partition coefficient (Wildman–Crippen LogP) is 2.02. The second-order valence-corrected chi connectivity index (χ2v) is 5.84. The van der Waals surface area contributed by atoms with Crippen LogP contribution in [0.15, 0.2) is 32.2 Å². The molecule has 102 valence electrons. The number of hydrogen-bond donors (Lipinski definition) is 1. The fourth-order valence-corrected chi connectivity index (χ4v) is 2.67. The first-order valence-electron chi connectivity index (χ1n) is 5.68. The average Bonchev–Trinajstić information content (AvgIpc) is 2.96. The van der Waals surface area contributed by atoms with E-state index in [2.05, 4.69) is 10.5 Å². The zero-order valence-electron chi connectivity index (χ0n) is 10.8. The molecule has 0 aromatic carbocycles. The highest BCUT2D eigenvalue weighted by molar-refractivity contribution is 7.86. The molecule has 2 atom stereocenters. The van der Waals surface area contributed by atoms with Crippen LogP contribution < -0.4 is 5.32 Å². The van der Waals surface area contributed by atoms with Crippen LogP contribution in [0.3, 0.4) is 0 Å². The van der Waals surface area contributed by atoms with Gasteiger partial charge in [-0.15, -0.1) is 0 Å². The van der Waals surface area contributed by atoms with E-state index in [0.29, 0.717) is 16.3 Å². The van der Waals surface area contributed by atoms with E-state index in [1.807, 2.05) is 0 Å². The lowest BCUT2D eigenvalue weighted by molar-refractivity contribution is -0.115. The molecule has 6 nitrogen and oxygen atoms in total. The molecule has 7 heteroatoms. The molecular formula is C12H14N2O4S. The largest absolute Gasteiger partial charge is 0.468 e. The Kier molecular flexibility index (Phi) is 3.84. The Hall–Kier alpha value is -1.89. The number of rotatable bonds is 4. The number of nitrogens with one attached hydrogen (secondary N) is 1. The molecule has 0 radical (unpaired) electrons. The minimum absolute atomic E-state index is 0.246.